The molecule has 2 N–H and O–H groups in total. The Morgan fingerprint density at radius 3 is 2.46 bits per heavy atom. The molecule has 1 amide bonds. The molecule has 1 aliphatic rings. The van der Waals surface area contributed by atoms with Crippen LogP contribution in [0.4, 0.5) is 5.69 Å². The van der Waals surface area contributed by atoms with Gasteiger partial charge in [-0.2, -0.15) is 12.7 Å². The summed E-state index contributed by atoms with van der Waals surface area (Å²) in [6, 6.07) is 10.3. The van der Waals surface area contributed by atoms with Gasteiger partial charge in [0.2, 0.25) is 10.0 Å². The van der Waals surface area contributed by atoms with E-state index in [1.165, 1.54) is 51.5 Å². The maximum absolute atomic E-state index is 13.7. The van der Waals surface area contributed by atoms with Crippen LogP contribution in [0.5, 0.6) is 5.75 Å². The standard InChI is InChI=1S/C27H35N5O7S2/c1-18-6-9-22(10-7-18)41(37,38)31(5)14-25-19(2)13-32(20(3)16-33)27(34)23-12-21(8-11-24(23)39-25)29-40(35,36)26-15-30(4)17-28-26/h6-12,15,17,19-20,25,29,33H,13-14,16H2,1-5H3/t19-,20+,25+/m1/s1. The summed E-state index contributed by atoms with van der Waals surface area (Å²) in [5, 5.41) is 9.70. The Morgan fingerprint density at radius 1 is 1.17 bits per heavy atom. The highest BCUT2D eigenvalue weighted by Crippen LogP contribution is 2.32. The zero-order valence-corrected chi connectivity index (χ0v) is 25.2. The zero-order valence-electron chi connectivity index (χ0n) is 23.6. The smallest absolute Gasteiger partial charge is 0.280 e. The summed E-state index contributed by atoms with van der Waals surface area (Å²) >= 11 is 0. The minimum absolute atomic E-state index is 0.0135. The first-order valence-electron chi connectivity index (χ1n) is 13.0. The summed E-state index contributed by atoms with van der Waals surface area (Å²) < 4.78 is 63.7. The van der Waals surface area contributed by atoms with Gasteiger partial charge in [0.25, 0.3) is 15.9 Å². The van der Waals surface area contributed by atoms with E-state index in [0.717, 1.165) is 5.56 Å². The molecule has 41 heavy (non-hydrogen) atoms. The van der Waals surface area contributed by atoms with Crippen molar-refractivity contribution < 1.29 is 31.5 Å². The Balaban J connectivity index is 1.68. The minimum atomic E-state index is -4.03. The number of sulfonamides is 2. The summed E-state index contributed by atoms with van der Waals surface area (Å²) in [5.41, 5.74) is 1.13. The molecular formula is C27H35N5O7S2. The number of nitrogens with one attached hydrogen (secondary N) is 1. The number of likely N-dealkylation sites (N-methyl/N-ethyl adjacent to an activating group) is 1. The number of rotatable bonds is 9. The second-order valence-electron chi connectivity index (χ2n) is 10.4. The SMILES string of the molecule is Cc1ccc(S(=O)(=O)N(C)C[C@@H]2Oc3ccc(NS(=O)(=O)c4cn(C)cn4)cc3C(=O)N([C@@H](C)CO)C[C@H]2C)cc1. The molecule has 2 heterocycles. The van der Waals surface area contributed by atoms with E-state index in [9.17, 15) is 26.7 Å². The Hall–Kier alpha value is -3.46. The van der Waals surface area contributed by atoms with Crippen LogP contribution in [0, 0.1) is 12.8 Å². The molecule has 14 heteroatoms. The Morgan fingerprint density at radius 2 is 1.85 bits per heavy atom. The third-order valence-electron chi connectivity index (χ3n) is 7.04. The Kier molecular flexibility index (Phi) is 8.78. The first-order chi connectivity index (χ1) is 19.2. The van der Waals surface area contributed by atoms with Crippen molar-refractivity contribution in [2.45, 2.75) is 42.8 Å². The number of aliphatic hydroxyl groups excluding tert-OH is 1. The third kappa shape index (κ3) is 6.56. The number of aliphatic hydroxyl groups is 1. The number of carbonyl (C=O) groups excluding carboxylic acids is 1. The van der Waals surface area contributed by atoms with Gasteiger partial charge in [-0.3, -0.25) is 9.52 Å². The molecule has 0 saturated carbocycles. The molecule has 0 unspecified atom stereocenters. The summed E-state index contributed by atoms with van der Waals surface area (Å²) in [5.74, 6) is -0.603. The van der Waals surface area contributed by atoms with E-state index in [4.69, 9.17) is 4.74 Å². The van der Waals surface area contributed by atoms with Crippen molar-refractivity contribution in [3.8, 4) is 5.75 Å². The summed E-state index contributed by atoms with van der Waals surface area (Å²) in [4.78, 5) is 19.2. The first-order valence-corrected chi connectivity index (χ1v) is 15.9. The Bertz CT molecular complexity index is 1620. The van der Waals surface area contributed by atoms with Crippen LogP contribution in [0.2, 0.25) is 0 Å². The molecule has 3 aromatic rings. The van der Waals surface area contributed by atoms with Gasteiger partial charge in [-0.1, -0.05) is 24.6 Å². The van der Waals surface area contributed by atoms with Gasteiger partial charge in [0, 0.05) is 38.4 Å². The molecule has 0 fully saturated rings. The maximum Gasteiger partial charge on any atom is 0.280 e. The van der Waals surface area contributed by atoms with E-state index in [1.807, 2.05) is 13.8 Å². The monoisotopic (exact) mass is 605 g/mol. The van der Waals surface area contributed by atoms with Crippen LogP contribution in [0.1, 0.15) is 29.8 Å². The number of fused-ring (bicyclic) bond motifs is 1. The van der Waals surface area contributed by atoms with E-state index in [-0.39, 0.29) is 52.5 Å². The van der Waals surface area contributed by atoms with Crippen molar-refractivity contribution in [1.29, 1.82) is 0 Å². The average molecular weight is 606 g/mol. The summed E-state index contributed by atoms with van der Waals surface area (Å²) in [7, 11) is -4.74. The van der Waals surface area contributed by atoms with Crippen molar-refractivity contribution >= 4 is 31.6 Å². The normalized spacial score (nSPS) is 18.8. The molecule has 0 saturated heterocycles. The Labute approximate surface area is 240 Å². The minimum Gasteiger partial charge on any atom is -0.488 e. The van der Waals surface area contributed by atoms with Gasteiger partial charge >= 0.3 is 0 Å². The fraction of sp³-hybridized carbons (Fsp3) is 0.407. The molecular weight excluding hydrogens is 570 g/mol. The van der Waals surface area contributed by atoms with Crippen molar-refractivity contribution in [2.24, 2.45) is 13.0 Å². The molecule has 12 nitrogen and oxygen atoms in total. The van der Waals surface area contributed by atoms with E-state index in [2.05, 4.69) is 9.71 Å². The number of hydrogen-bond donors (Lipinski definition) is 2. The lowest BCUT2D eigenvalue weighted by Gasteiger charge is -2.38. The lowest BCUT2D eigenvalue weighted by Crippen LogP contribution is -2.50. The van der Waals surface area contributed by atoms with Gasteiger partial charge < -0.3 is 19.3 Å². The van der Waals surface area contributed by atoms with Crippen LogP contribution in [0.15, 0.2) is 64.9 Å². The molecule has 0 radical (unpaired) electrons. The van der Waals surface area contributed by atoms with Crippen LogP contribution in [-0.2, 0) is 27.1 Å². The molecule has 2 aromatic carbocycles. The molecule has 0 spiro atoms. The highest BCUT2D eigenvalue weighted by atomic mass is 32.2. The molecule has 222 valence electrons. The molecule has 1 aliphatic heterocycles. The molecule has 3 atom stereocenters. The van der Waals surface area contributed by atoms with Crippen molar-refractivity contribution in [2.75, 3.05) is 31.5 Å². The van der Waals surface area contributed by atoms with Gasteiger partial charge in [-0.05, 0) is 44.2 Å². The highest BCUT2D eigenvalue weighted by Gasteiger charge is 2.35. The number of amides is 1. The van der Waals surface area contributed by atoms with Crippen molar-refractivity contribution in [3.05, 3.63) is 66.1 Å². The highest BCUT2D eigenvalue weighted by molar-refractivity contribution is 7.92. The van der Waals surface area contributed by atoms with Crippen LogP contribution in [0.3, 0.4) is 0 Å². The van der Waals surface area contributed by atoms with Crippen LogP contribution >= 0.6 is 0 Å². The fourth-order valence-corrected chi connectivity index (χ4v) is 6.70. The van der Waals surface area contributed by atoms with Gasteiger partial charge in [0.15, 0.2) is 5.03 Å². The number of benzene rings is 2. The number of nitrogens with zero attached hydrogens (tertiary/aromatic N) is 4. The molecule has 0 bridgehead atoms. The van der Waals surface area contributed by atoms with Gasteiger partial charge in [0.05, 0.1) is 36.0 Å². The molecule has 0 aliphatic carbocycles. The zero-order chi connectivity index (χ0) is 30.1. The number of aryl methyl sites for hydroxylation is 2. The number of hydrogen-bond acceptors (Lipinski definition) is 8. The van der Waals surface area contributed by atoms with E-state index < -0.39 is 38.1 Å². The van der Waals surface area contributed by atoms with Gasteiger partial charge in [-0.15, -0.1) is 0 Å². The van der Waals surface area contributed by atoms with Crippen molar-refractivity contribution in [3.63, 3.8) is 0 Å². The number of aromatic nitrogens is 2. The van der Waals surface area contributed by atoms with Crippen LogP contribution in [-0.4, -0.2) is 85.5 Å². The fourth-order valence-electron chi connectivity index (χ4n) is 4.48. The third-order valence-corrected chi connectivity index (χ3v) is 10.1. The van der Waals surface area contributed by atoms with Crippen LogP contribution in [0.25, 0.3) is 0 Å². The summed E-state index contributed by atoms with van der Waals surface area (Å²) in [6.07, 6.45) is 2.04. The largest absolute Gasteiger partial charge is 0.488 e. The first kappa shape index (κ1) is 30.5. The number of imidazole rings is 1. The van der Waals surface area contributed by atoms with Gasteiger partial charge in [-0.25, -0.2) is 13.4 Å². The van der Waals surface area contributed by atoms with Crippen molar-refractivity contribution in [1.82, 2.24) is 18.8 Å². The predicted molar refractivity (Wildman–Crippen MR) is 153 cm³/mol. The average Bonchev–Trinajstić information content (AvgIpc) is 3.38. The van der Waals surface area contributed by atoms with E-state index in [0.29, 0.717) is 0 Å². The van der Waals surface area contributed by atoms with E-state index in [1.54, 1.807) is 38.2 Å². The quantitative estimate of drug-likeness (QED) is 0.376. The molecule has 1 aromatic heterocycles. The number of anilines is 1. The molecule has 4 rings (SSSR count). The maximum atomic E-state index is 13.7. The topological polar surface area (TPSA) is 151 Å². The predicted octanol–water partition coefficient (Wildman–Crippen LogP) is 2.07. The lowest BCUT2D eigenvalue weighted by molar-refractivity contribution is 0.0387. The van der Waals surface area contributed by atoms with Gasteiger partial charge in [0.1, 0.15) is 11.9 Å². The summed E-state index contributed by atoms with van der Waals surface area (Å²) in [6.45, 7) is 5.28. The van der Waals surface area contributed by atoms with E-state index >= 15 is 0 Å². The second-order valence-corrected chi connectivity index (χ2v) is 14.1. The number of ether oxygens (including phenoxy) is 1. The number of carbonyl (C=O) groups is 1. The second kappa shape index (κ2) is 11.8. The lowest BCUT2D eigenvalue weighted by atomic mass is 9.99. The van der Waals surface area contributed by atoms with Crippen LogP contribution < -0.4 is 9.46 Å².